The number of H-pyrrole nitrogens is 1. The van der Waals surface area contributed by atoms with Gasteiger partial charge in [0.15, 0.2) is 0 Å². The van der Waals surface area contributed by atoms with Crippen molar-refractivity contribution in [3.63, 3.8) is 0 Å². The van der Waals surface area contributed by atoms with Crippen LogP contribution in [0, 0.1) is 12.8 Å². The third-order valence-corrected chi connectivity index (χ3v) is 4.95. The van der Waals surface area contributed by atoms with Crippen LogP contribution >= 0.6 is 11.8 Å². The first-order chi connectivity index (χ1) is 11.2. The normalized spacial score (nSPS) is 15.0. The highest BCUT2D eigenvalue weighted by atomic mass is 32.2. The van der Waals surface area contributed by atoms with Gasteiger partial charge in [0, 0.05) is 12.1 Å². The van der Waals surface area contributed by atoms with E-state index in [0.29, 0.717) is 10.9 Å². The minimum atomic E-state index is -0.0391. The van der Waals surface area contributed by atoms with Crippen LogP contribution in [-0.4, -0.2) is 26.8 Å². The molecule has 0 atom stereocenters. The van der Waals surface area contributed by atoms with Crippen molar-refractivity contribution in [2.24, 2.45) is 5.92 Å². The number of thioether (sulfide) groups is 1. The van der Waals surface area contributed by atoms with Gasteiger partial charge in [-0.05, 0) is 30.5 Å². The van der Waals surface area contributed by atoms with Gasteiger partial charge in [-0.1, -0.05) is 49.6 Å². The van der Waals surface area contributed by atoms with Gasteiger partial charge in [-0.15, -0.1) is 5.10 Å². The molecule has 1 heterocycles. The predicted octanol–water partition coefficient (Wildman–Crippen LogP) is 3.58. The maximum atomic E-state index is 12.0. The SMILES string of the molecule is Cc1cccc(NC(=O)CSc2n[nH]c(CC3CCCC3)n2)c1. The molecule has 0 saturated heterocycles. The minimum Gasteiger partial charge on any atom is -0.325 e. The molecule has 0 unspecified atom stereocenters. The molecule has 0 bridgehead atoms. The van der Waals surface area contributed by atoms with Gasteiger partial charge in [-0.25, -0.2) is 4.98 Å². The predicted molar refractivity (Wildman–Crippen MR) is 92.6 cm³/mol. The quantitative estimate of drug-likeness (QED) is 0.794. The Morgan fingerprint density at radius 1 is 1.39 bits per heavy atom. The van der Waals surface area contributed by atoms with E-state index >= 15 is 0 Å². The Morgan fingerprint density at radius 2 is 2.22 bits per heavy atom. The first kappa shape index (κ1) is 16.1. The molecule has 5 nitrogen and oxygen atoms in total. The van der Waals surface area contributed by atoms with Crippen LogP contribution < -0.4 is 5.32 Å². The van der Waals surface area contributed by atoms with Crippen LogP contribution in [0.3, 0.4) is 0 Å². The Morgan fingerprint density at radius 3 is 3.00 bits per heavy atom. The maximum Gasteiger partial charge on any atom is 0.234 e. The van der Waals surface area contributed by atoms with Crippen molar-refractivity contribution < 1.29 is 4.79 Å². The zero-order valence-electron chi connectivity index (χ0n) is 13.3. The first-order valence-electron chi connectivity index (χ1n) is 8.09. The average Bonchev–Trinajstić information content (AvgIpc) is 3.18. The van der Waals surface area contributed by atoms with E-state index in [-0.39, 0.29) is 5.91 Å². The van der Waals surface area contributed by atoms with Crippen LogP contribution in [0.5, 0.6) is 0 Å². The molecule has 1 amide bonds. The van der Waals surface area contributed by atoms with E-state index in [4.69, 9.17) is 0 Å². The number of aromatic amines is 1. The molecule has 3 rings (SSSR count). The molecule has 1 fully saturated rings. The highest BCUT2D eigenvalue weighted by molar-refractivity contribution is 7.99. The molecule has 6 heteroatoms. The Labute approximate surface area is 140 Å². The van der Waals surface area contributed by atoms with Crippen molar-refractivity contribution in [3.05, 3.63) is 35.7 Å². The number of carbonyl (C=O) groups is 1. The lowest BCUT2D eigenvalue weighted by atomic mass is 10.0. The van der Waals surface area contributed by atoms with Gasteiger partial charge in [0.2, 0.25) is 11.1 Å². The standard InChI is InChI=1S/C17H22N4OS/c1-12-5-4-8-14(9-12)18-16(22)11-23-17-19-15(20-21-17)10-13-6-2-3-7-13/h4-5,8-9,13H,2-3,6-7,10-11H2,1H3,(H,18,22)(H,19,20,21). The number of amides is 1. The van der Waals surface area contributed by atoms with Gasteiger partial charge in [0.25, 0.3) is 0 Å². The largest absolute Gasteiger partial charge is 0.325 e. The number of aryl methyl sites for hydroxylation is 1. The molecule has 0 spiro atoms. The van der Waals surface area contributed by atoms with Gasteiger partial charge < -0.3 is 5.32 Å². The van der Waals surface area contributed by atoms with Gasteiger partial charge >= 0.3 is 0 Å². The number of nitrogens with zero attached hydrogens (tertiary/aromatic N) is 2. The highest BCUT2D eigenvalue weighted by Gasteiger charge is 2.17. The lowest BCUT2D eigenvalue weighted by molar-refractivity contribution is -0.113. The molecule has 1 aliphatic carbocycles. The third kappa shape index (κ3) is 4.82. The summed E-state index contributed by atoms with van der Waals surface area (Å²) < 4.78 is 0. The second kappa shape index (κ2) is 7.64. The van der Waals surface area contributed by atoms with Crippen molar-refractivity contribution in [1.29, 1.82) is 0 Å². The Kier molecular flexibility index (Phi) is 5.33. The zero-order valence-corrected chi connectivity index (χ0v) is 14.2. The third-order valence-electron chi connectivity index (χ3n) is 4.10. The second-order valence-electron chi connectivity index (χ2n) is 6.13. The van der Waals surface area contributed by atoms with E-state index in [2.05, 4.69) is 20.5 Å². The van der Waals surface area contributed by atoms with Gasteiger partial charge in [0.05, 0.1) is 5.75 Å². The van der Waals surface area contributed by atoms with Crippen LogP contribution in [0.25, 0.3) is 0 Å². The summed E-state index contributed by atoms with van der Waals surface area (Å²) in [5.74, 6) is 1.96. The summed E-state index contributed by atoms with van der Waals surface area (Å²) >= 11 is 1.37. The molecule has 2 aromatic rings. The number of hydrogen-bond donors (Lipinski definition) is 2. The number of benzene rings is 1. The van der Waals surface area contributed by atoms with Gasteiger partial charge in [-0.3, -0.25) is 9.89 Å². The average molecular weight is 330 g/mol. The summed E-state index contributed by atoms with van der Waals surface area (Å²) in [5.41, 5.74) is 1.95. The lowest BCUT2D eigenvalue weighted by Gasteiger charge is -2.05. The van der Waals surface area contributed by atoms with Gasteiger partial charge in [0.1, 0.15) is 5.82 Å². The fourth-order valence-corrected chi connectivity index (χ4v) is 3.59. The molecule has 1 aromatic heterocycles. The van der Waals surface area contributed by atoms with E-state index in [1.165, 1.54) is 37.4 Å². The smallest absolute Gasteiger partial charge is 0.234 e. The van der Waals surface area contributed by atoms with Crippen LogP contribution in [0.2, 0.25) is 0 Å². The summed E-state index contributed by atoms with van der Waals surface area (Å²) in [6.45, 7) is 2.00. The van der Waals surface area contributed by atoms with Crippen molar-refractivity contribution in [2.45, 2.75) is 44.2 Å². The Hall–Kier alpha value is -1.82. The van der Waals surface area contributed by atoms with Crippen LogP contribution in [0.4, 0.5) is 5.69 Å². The number of nitrogens with one attached hydrogen (secondary N) is 2. The molecule has 1 aromatic carbocycles. The summed E-state index contributed by atoms with van der Waals surface area (Å²) in [7, 11) is 0. The van der Waals surface area contributed by atoms with Crippen LogP contribution in [0.1, 0.15) is 37.1 Å². The molecule has 122 valence electrons. The van der Waals surface area contributed by atoms with E-state index in [1.807, 2.05) is 31.2 Å². The number of hydrogen-bond acceptors (Lipinski definition) is 4. The van der Waals surface area contributed by atoms with Crippen molar-refractivity contribution >= 4 is 23.4 Å². The van der Waals surface area contributed by atoms with Gasteiger partial charge in [-0.2, -0.15) is 0 Å². The van der Waals surface area contributed by atoms with Crippen LogP contribution in [0.15, 0.2) is 29.4 Å². The number of aromatic nitrogens is 3. The zero-order chi connectivity index (χ0) is 16.1. The molecule has 1 saturated carbocycles. The Balaban J connectivity index is 1.46. The molecular formula is C17H22N4OS. The monoisotopic (exact) mass is 330 g/mol. The number of rotatable bonds is 6. The Bertz CT molecular complexity index is 664. The van der Waals surface area contributed by atoms with Crippen LogP contribution in [-0.2, 0) is 11.2 Å². The minimum absolute atomic E-state index is 0.0391. The van der Waals surface area contributed by atoms with Crippen molar-refractivity contribution in [1.82, 2.24) is 15.2 Å². The summed E-state index contributed by atoms with van der Waals surface area (Å²) in [5, 5.41) is 10.7. The molecule has 2 N–H and O–H groups in total. The van der Waals surface area contributed by atoms with E-state index < -0.39 is 0 Å². The summed E-state index contributed by atoms with van der Waals surface area (Å²) in [6.07, 6.45) is 6.23. The fourth-order valence-electron chi connectivity index (χ4n) is 2.97. The molecule has 0 radical (unpaired) electrons. The highest BCUT2D eigenvalue weighted by Crippen LogP contribution is 2.27. The number of anilines is 1. The van der Waals surface area contributed by atoms with E-state index in [0.717, 1.165) is 29.4 Å². The van der Waals surface area contributed by atoms with Crippen molar-refractivity contribution in [2.75, 3.05) is 11.1 Å². The second-order valence-corrected chi connectivity index (χ2v) is 7.07. The van der Waals surface area contributed by atoms with E-state index in [1.54, 1.807) is 0 Å². The summed E-state index contributed by atoms with van der Waals surface area (Å²) in [4.78, 5) is 16.5. The van der Waals surface area contributed by atoms with E-state index in [9.17, 15) is 4.79 Å². The molecule has 0 aliphatic heterocycles. The first-order valence-corrected chi connectivity index (χ1v) is 9.08. The molecular weight excluding hydrogens is 308 g/mol. The number of carbonyl (C=O) groups excluding carboxylic acids is 1. The summed E-state index contributed by atoms with van der Waals surface area (Å²) in [6, 6.07) is 7.78. The lowest BCUT2D eigenvalue weighted by Crippen LogP contribution is -2.14. The molecule has 1 aliphatic rings. The fraction of sp³-hybridized carbons (Fsp3) is 0.471. The maximum absolute atomic E-state index is 12.0. The topological polar surface area (TPSA) is 70.7 Å². The molecule has 23 heavy (non-hydrogen) atoms. The van der Waals surface area contributed by atoms with Crippen molar-refractivity contribution in [3.8, 4) is 0 Å².